The number of nitrogens with zero attached hydrogens (tertiary/aromatic N) is 1. The van der Waals surface area contributed by atoms with Crippen molar-refractivity contribution in [2.75, 3.05) is 6.54 Å². The molecule has 1 amide bonds. The largest absolute Gasteiger partial charge is 0.440 e. The standard InChI is InChI=1S/C18H22N2O2/c1-5-17(3)18(4)15-12(8-9-20(18)16(21)22-17)13-10-11(2)6-7-14(13)19-15/h6-7,10,19H,5,8-9H2,1-4H3/t17-,18-/m0/s1. The van der Waals surface area contributed by atoms with Crippen LogP contribution in [0.4, 0.5) is 4.79 Å². The molecule has 0 saturated carbocycles. The van der Waals surface area contributed by atoms with E-state index in [2.05, 4.69) is 50.9 Å². The first-order valence-electron chi connectivity index (χ1n) is 8.03. The third kappa shape index (κ3) is 1.40. The molecule has 0 unspecified atom stereocenters. The number of hydrogen-bond donors (Lipinski definition) is 1. The topological polar surface area (TPSA) is 45.3 Å². The molecule has 1 aromatic carbocycles. The van der Waals surface area contributed by atoms with Crippen molar-refractivity contribution in [3.8, 4) is 0 Å². The van der Waals surface area contributed by atoms with E-state index >= 15 is 0 Å². The molecular formula is C18H22N2O2. The van der Waals surface area contributed by atoms with Crippen LogP contribution in [0.15, 0.2) is 18.2 Å². The number of aromatic nitrogens is 1. The van der Waals surface area contributed by atoms with E-state index in [0.717, 1.165) is 30.6 Å². The van der Waals surface area contributed by atoms with Gasteiger partial charge in [0, 0.05) is 23.1 Å². The number of fused-ring (bicyclic) bond motifs is 5. The Labute approximate surface area is 130 Å². The summed E-state index contributed by atoms with van der Waals surface area (Å²) in [4.78, 5) is 17.9. The summed E-state index contributed by atoms with van der Waals surface area (Å²) >= 11 is 0. The van der Waals surface area contributed by atoms with Crippen molar-refractivity contribution in [2.45, 2.75) is 51.7 Å². The van der Waals surface area contributed by atoms with Crippen molar-refractivity contribution >= 4 is 17.0 Å². The van der Waals surface area contributed by atoms with Gasteiger partial charge in [0.1, 0.15) is 11.1 Å². The molecule has 0 spiro atoms. The van der Waals surface area contributed by atoms with Gasteiger partial charge in [-0.05, 0) is 51.3 Å². The number of benzene rings is 1. The first-order chi connectivity index (χ1) is 10.4. The summed E-state index contributed by atoms with van der Waals surface area (Å²) in [6.07, 6.45) is 1.48. The smallest absolute Gasteiger partial charge is 0.411 e. The van der Waals surface area contributed by atoms with Crippen LogP contribution in [0.25, 0.3) is 10.9 Å². The second-order valence-electron chi connectivity index (χ2n) is 6.95. The van der Waals surface area contributed by atoms with Gasteiger partial charge in [0.25, 0.3) is 0 Å². The molecule has 0 bridgehead atoms. The summed E-state index contributed by atoms with van der Waals surface area (Å²) < 4.78 is 5.79. The predicted octanol–water partition coefficient (Wildman–Crippen LogP) is 3.87. The maximum absolute atomic E-state index is 12.4. The first-order valence-corrected chi connectivity index (χ1v) is 8.03. The van der Waals surface area contributed by atoms with Crippen LogP contribution in [0.5, 0.6) is 0 Å². The molecule has 3 heterocycles. The average Bonchev–Trinajstić information content (AvgIpc) is 2.94. The number of ether oxygens (including phenoxy) is 1. The minimum Gasteiger partial charge on any atom is -0.440 e. The predicted molar refractivity (Wildman–Crippen MR) is 86.0 cm³/mol. The Hall–Kier alpha value is -1.97. The monoisotopic (exact) mass is 298 g/mol. The number of nitrogens with one attached hydrogen (secondary N) is 1. The number of carbonyl (C=O) groups is 1. The molecule has 2 aliphatic heterocycles. The van der Waals surface area contributed by atoms with Crippen LogP contribution in [-0.4, -0.2) is 28.1 Å². The number of hydrogen-bond acceptors (Lipinski definition) is 2. The molecule has 1 aromatic heterocycles. The fourth-order valence-corrected chi connectivity index (χ4v) is 4.21. The Kier molecular flexibility index (Phi) is 2.52. The molecule has 0 aliphatic carbocycles. The Morgan fingerprint density at radius 1 is 1.36 bits per heavy atom. The number of rotatable bonds is 1. The lowest BCUT2D eigenvalue weighted by Crippen LogP contribution is -2.55. The molecule has 2 aromatic rings. The zero-order chi connectivity index (χ0) is 15.7. The summed E-state index contributed by atoms with van der Waals surface area (Å²) in [5, 5.41) is 1.29. The van der Waals surface area contributed by atoms with E-state index in [-0.39, 0.29) is 6.09 Å². The van der Waals surface area contributed by atoms with Gasteiger partial charge in [0.05, 0.1) is 0 Å². The van der Waals surface area contributed by atoms with Crippen molar-refractivity contribution in [1.29, 1.82) is 0 Å². The fourth-order valence-electron chi connectivity index (χ4n) is 4.21. The molecular weight excluding hydrogens is 276 g/mol. The normalized spacial score (nSPS) is 30.4. The van der Waals surface area contributed by atoms with Gasteiger partial charge < -0.3 is 9.72 Å². The highest BCUT2D eigenvalue weighted by atomic mass is 16.6. The average molecular weight is 298 g/mol. The summed E-state index contributed by atoms with van der Waals surface area (Å²) in [7, 11) is 0. The third-order valence-electron chi connectivity index (χ3n) is 5.91. The molecule has 1 N–H and O–H groups in total. The second-order valence-corrected chi connectivity index (χ2v) is 6.95. The number of H-pyrrole nitrogens is 1. The third-order valence-corrected chi connectivity index (χ3v) is 5.91. The lowest BCUT2D eigenvalue weighted by Gasteiger charge is -2.44. The van der Waals surface area contributed by atoms with E-state index in [1.54, 1.807) is 0 Å². The highest BCUT2D eigenvalue weighted by molar-refractivity contribution is 5.87. The first kappa shape index (κ1) is 13.7. The zero-order valence-electron chi connectivity index (χ0n) is 13.6. The van der Waals surface area contributed by atoms with Crippen LogP contribution in [0, 0.1) is 6.92 Å². The Bertz CT molecular complexity index is 794. The highest BCUT2D eigenvalue weighted by Crippen LogP contribution is 2.52. The van der Waals surface area contributed by atoms with Crippen molar-refractivity contribution in [3.05, 3.63) is 35.0 Å². The van der Waals surface area contributed by atoms with Crippen LogP contribution in [0.2, 0.25) is 0 Å². The maximum atomic E-state index is 12.4. The molecule has 4 nitrogen and oxygen atoms in total. The van der Waals surface area contributed by atoms with Crippen LogP contribution in [0.1, 0.15) is 44.0 Å². The fraction of sp³-hybridized carbons (Fsp3) is 0.500. The van der Waals surface area contributed by atoms with Crippen molar-refractivity contribution in [3.63, 3.8) is 0 Å². The van der Waals surface area contributed by atoms with Crippen LogP contribution < -0.4 is 0 Å². The molecule has 116 valence electrons. The van der Waals surface area contributed by atoms with Gasteiger partial charge in [-0.15, -0.1) is 0 Å². The van der Waals surface area contributed by atoms with Gasteiger partial charge in [-0.25, -0.2) is 4.79 Å². The van der Waals surface area contributed by atoms with Crippen LogP contribution >= 0.6 is 0 Å². The molecule has 4 heteroatoms. The van der Waals surface area contributed by atoms with E-state index in [1.807, 2.05) is 4.90 Å². The Morgan fingerprint density at radius 2 is 2.14 bits per heavy atom. The maximum Gasteiger partial charge on any atom is 0.411 e. The van der Waals surface area contributed by atoms with Crippen molar-refractivity contribution < 1.29 is 9.53 Å². The molecule has 4 rings (SSSR count). The quantitative estimate of drug-likeness (QED) is 0.868. The molecule has 2 atom stereocenters. The van der Waals surface area contributed by atoms with E-state index in [0.29, 0.717) is 0 Å². The van der Waals surface area contributed by atoms with Gasteiger partial charge in [0.15, 0.2) is 0 Å². The molecule has 2 aliphatic rings. The number of amides is 1. The Morgan fingerprint density at radius 3 is 2.86 bits per heavy atom. The lowest BCUT2D eigenvalue weighted by atomic mass is 9.74. The van der Waals surface area contributed by atoms with E-state index in [9.17, 15) is 4.79 Å². The summed E-state index contributed by atoms with van der Waals surface area (Å²) in [5.41, 5.74) is 3.97. The molecule has 1 fully saturated rings. The molecule has 22 heavy (non-hydrogen) atoms. The summed E-state index contributed by atoms with van der Waals surface area (Å²) in [5.74, 6) is 0. The van der Waals surface area contributed by atoms with Crippen molar-refractivity contribution in [1.82, 2.24) is 9.88 Å². The number of aromatic amines is 1. The van der Waals surface area contributed by atoms with E-state index in [4.69, 9.17) is 4.74 Å². The second kappa shape index (κ2) is 4.06. The SMILES string of the molecule is CC[C@]1(C)OC(=O)N2CCc3c([nH]c4ccc(C)cc34)[C@]21C. The van der Waals surface area contributed by atoms with Crippen LogP contribution in [-0.2, 0) is 16.7 Å². The van der Waals surface area contributed by atoms with Crippen LogP contribution in [0.3, 0.4) is 0 Å². The minimum absolute atomic E-state index is 0.188. The lowest BCUT2D eigenvalue weighted by molar-refractivity contribution is -0.00297. The number of aryl methyl sites for hydroxylation is 1. The minimum atomic E-state index is -0.505. The summed E-state index contributed by atoms with van der Waals surface area (Å²) in [6, 6.07) is 6.50. The number of carbonyl (C=O) groups excluding carboxylic acids is 1. The zero-order valence-corrected chi connectivity index (χ0v) is 13.6. The van der Waals surface area contributed by atoms with Crippen molar-refractivity contribution in [2.24, 2.45) is 0 Å². The summed E-state index contributed by atoms with van der Waals surface area (Å²) in [6.45, 7) is 9.12. The van der Waals surface area contributed by atoms with Gasteiger partial charge >= 0.3 is 6.09 Å². The molecule has 1 saturated heterocycles. The van der Waals surface area contributed by atoms with E-state index in [1.165, 1.54) is 16.5 Å². The molecule has 0 radical (unpaired) electrons. The van der Waals surface area contributed by atoms with Gasteiger partial charge in [-0.1, -0.05) is 18.6 Å². The Balaban J connectivity index is 2.02. The number of cyclic esters (lactones) is 1. The van der Waals surface area contributed by atoms with Gasteiger partial charge in [-0.2, -0.15) is 0 Å². The van der Waals surface area contributed by atoms with E-state index < -0.39 is 11.1 Å². The highest BCUT2D eigenvalue weighted by Gasteiger charge is 2.62. The van der Waals surface area contributed by atoms with Gasteiger partial charge in [0.2, 0.25) is 0 Å². The van der Waals surface area contributed by atoms with Gasteiger partial charge in [-0.3, -0.25) is 4.90 Å².